The summed E-state index contributed by atoms with van der Waals surface area (Å²) < 4.78 is 5.32. The first-order valence-corrected chi connectivity index (χ1v) is 6.97. The van der Waals surface area contributed by atoms with Gasteiger partial charge in [0.25, 0.3) is 0 Å². The normalized spacial score (nSPS) is 10.3. The third-order valence-corrected chi connectivity index (χ3v) is 3.56. The van der Waals surface area contributed by atoms with Gasteiger partial charge in [-0.15, -0.1) is 0 Å². The minimum absolute atomic E-state index is 0.0533. The van der Waals surface area contributed by atoms with E-state index in [-0.39, 0.29) is 5.78 Å². The van der Waals surface area contributed by atoms with Gasteiger partial charge >= 0.3 is 0 Å². The summed E-state index contributed by atoms with van der Waals surface area (Å²) in [5.74, 6) is 0.691. The Morgan fingerprint density at radius 2 is 1.86 bits per heavy atom. The molecular formula is C18H21NO2. The molecule has 0 aliphatic rings. The monoisotopic (exact) mass is 283 g/mol. The average Bonchev–Trinajstić information content (AvgIpc) is 2.47. The molecule has 0 saturated carbocycles. The maximum atomic E-state index is 12.5. The van der Waals surface area contributed by atoms with Gasteiger partial charge in [-0.1, -0.05) is 24.3 Å². The van der Waals surface area contributed by atoms with Crippen molar-refractivity contribution in [3.8, 4) is 5.75 Å². The number of benzene rings is 2. The van der Waals surface area contributed by atoms with Crippen LogP contribution in [-0.2, 0) is 0 Å². The van der Waals surface area contributed by atoms with Crippen LogP contribution in [0.2, 0.25) is 0 Å². The predicted molar refractivity (Wildman–Crippen MR) is 86.5 cm³/mol. The second kappa shape index (κ2) is 6.44. The molecular weight excluding hydrogens is 262 g/mol. The first-order chi connectivity index (χ1) is 10.0. The number of hydrogen-bond acceptors (Lipinski definition) is 3. The quantitative estimate of drug-likeness (QED) is 0.785. The number of hydrogen-bond donors (Lipinski definition) is 0. The lowest BCUT2D eigenvalue weighted by Crippen LogP contribution is -2.26. The molecule has 0 aliphatic heterocycles. The van der Waals surface area contributed by atoms with Gasteiger partial charge in [0.15, 0.2) is 5.78 Å². The molecule has 0 radical (unpaired) electrons. The summed E-state index contributed by atoms with van der Waals surface area (Å²) in [5.41, 5.74) is 3.93. The number of para-hydroxylation sites is 1. The van der Waals surface area contributed by atoms with Crippen molar-refractivity contribution in [1.29, 1.82) is 0 Å². The van der Waals surface area contributed by atoms with E-state index in [0.29, 0.717) is 17.9 Å². The van der Waals surface area contributed by atoms with E-state index in [1.54, 1.807) is 7.11 Å². The molecule has 0 aliphatic carbocycles. The van der Waals surface area contributed by atoms with Gasteiger partial charge < -0.3 is 9.64 Å². The maximum absolute atomic E-state index is 12.5. The van der Waals surface area contributed by atoms with Gasteiger partial charge in [0.2, 0.25) is 0 Å². The Balaban J connectivity index is 2.20. The van der Waals surface area contributed by atoms with Crippen LogP contribution in [0.1, 0.15) is 21.5 Å². The molecule has 0 heterocycles. The van der Waals surface area contributed by atoms with Crippen LogP contribution in [0.4, 0.5) is 5.69 Å². The van der Waals surface area contributed by atoms with Gasteiger partial charge in [0, 0.05) is 12.7 Å². The SMILES string of the molecule is COc1cc(C)ccc1C(=O)CN(C)c1ccccc1C. The number of aryl methyl sites for hydroxylation is 2. The molecule has 0 atom stereocenters. The summed E-state index contributed by atoms with van der Waals surface area (Å²) in [6.07, 6.45) is 0. The average molecular weight is 283 g/mol. The van der Waals surface area contributed by atoms with E-state index in [1.807, 2.05) is 68.3 Å². The molecule has 2 aromatic rings. The van der Waals surface area contributed by atoms with Gasteiger partial charge in [0.1, 0.15) is 5.75 Å². The smallest absolute Gasteiger partial charge is 0.185 e. The number of nitrogens with zero attached hydrogens (tertiary/aromatic N) is 1. The Bertz CT molecular complexity index is 649. The standard InChI is InChI=1S/C18H21NO2/c1-13-9-10-15(18(11-13)21-4)17(20)12-19(3)16-8-6-5-7-14(16)2/h5-11H,12H2,1-4H3. The first kappa shape index (κ1) is 15.1. The minimum Gasteiger partial charge on any atom is -0.496 e. The van der Waals surface area contributed by atoms with E-state index in [0.717, 1.165) is 16.8 Å². The number of anilines is 1. The zero-order valence-corrected chi connectivity index (χ0v) is 13.0. The number of rotatable bonds is 5. The number of Topliss-reactive ketones (excluding diaryl/α,β-unsaturated/α-hetero) is 1. The summed E-state index contributed by atoms with van der Waals surface area (Å²) in [7, 11) is 3.53. The van der Waals surface area contributed by atoms with Gasteiger partial charge in [-0.2, -0.15) is 0 Å². The molecule has 0 amide bonds. The molecule has 0 bridgehead atoms. The summed E-state index contributed by atoms with van der Waals surface area (Å²) in [4.78, 5) is 14.5. The van der Waals surface area contributed by atoms with Crippen molar-refractivity contribution >= 4 is 11.5 Å². The van der Waals surface area contributed by atoms with Crippen molar-refractivity contribution in [3.05, 3.63) is 59.2 Å². The highest BCUT2D eigenvalue weighted by Crippen LogP contribution is 2.22. The molecule has 2 aromatic carbocycles. The molecule has 0 aromatic heterocycles. The van der Waals surface area contributed by atoms with Crippen LogP contribution >= 0.6 is 0 Å². The van der Waals surface area contributed by atoms with E-state index in [2.05, 4.69) is 0 Å². The van der Waals surface area contributed by atoms with Crippen molar-refractivity contribution in [3.63, 3.8) is 0 Å². The predicted octanol–water partition coefficient (Wildman–Crippen LogP) is 3.63. The largest absolute Gasteiger partial charge is 0.496 e. The molecule has 3 nitrogen and oxygen atoms in total. The Kier molecular flexibility index (Phi) is 4.63. The zero-order chi connectivity index (χ0) is 15.4. The number of carbonyl (C=O) groups excluding carboxylic acids is 1. The van der Waals surface area contributed by atoms with Crippen molar-refractivity contribution in [2.45, 2.75) is 13.8 Å². The second-order valence-corrected chi connectivity index (χ2v) is 5.27. The van der Waals surface area contributed by atoms with Gasteiger partial charge in [-0.3, -0.25) is 4.79 Å². The lowest BCUT2D eigenvalue weighted by Gasteiger charge is -2.21. The highest BCUT2D eigenvalue weighted by molar-refractivity contribution is 6.01. The van der Waals surface area contributed by atoms with Crippen LogP contribution in [0.25, 0.3) is 0 Å². The molecule has 0 N–H and O–H groups in total. The number of ether oxygens (including phenoxy) is 1. The van der Waals surface area contributed by atoms with Crippen molar-refractivity contribution in [1.82, 2.24) is 0 Å². The minimum atomic E-state index is 0.0533. The van der Waals surface area contributed by atoms with E-state index >= 15 is 0 Å². The summed E-state index contributed by atoms with van der Waals surface area (Å²) >= 11 is 0. The first-order valence-electron chi connectivity index (χ1n) is 6.97. The molecule has 3 heteroatoms. The van der Waals surface area contributed by atoms with E-state index in [4.69, 9.17) is 4.74 Å². The van der Waals surface area contributed by atoms with Crippen molar-refractivity contribution in [2.75, 3.05) is 25.6 Å². The van der Waals surface area contributed by atoms with E-state index in [1.165, 1.54) is 0 Å². The fourth-order valence-corrected chi connectivity index (χ4v) is 2.41. The molecule has 0 saturated heterocycles. The fourth-order valence-electron chi connectivity index (χ4n) is 2.41. The van der Waals surface area contributed by atoms with Crippen LogP contribution in [0, 0.1) is 13.8 Å². The lowest BCUT2D eigenvalue weighted by atomic mass is 10.1. The van der Waals surface area contributed by atoms with E-state index in [9.17, 15) is 4.79 Å². The molecule has 0 unspecified atom stereocenters. The lowest BCUT2D eigenvalue weighted by molar-refractivity contribution is 0.0997. The van der Waals surface area contributed by atoms with Crippen LogP contribution in [0.3, 0.4) is 0 Å². The fraction of sp³-hybridized carbons (Fsp3) is 0.278. The number of methoxy groups -OCH3 is 1. The topological polar surface area (TPSA) is 29.5 Å². The Labute approximate surface area is 126 Å². The number of carbonyl (C=O) groups is 1. The Morgan fingerprint density at radius 1 is 1.14 bits per heavy atom. The van der Waals surface area contributed by atoms with Crippen LogP contribution in [0.15, 0.2) is 42.5 Å². The Morgan fingerprint density at radius 3 is 2.52 bits per heavy atom. The van der Waals surface area contributed by atoms with Gasteiger partial charge in [0.05, 0.1) is 19.2 Å². The molecule has 0 fully saturated rings. The van der Waals surface area contributed by atoms with Crippen LogP contribution in [-0.4, -0.2) is 26.5 Å². The molecule has 0 spiro atoms. The summed E-state index contributed by atoms with van der Waals surface area (Å²) in [6, 6.07) is 13.7. The Hall–Kier alpha value is -2.29. The second-order valence-electron chi connectivity index (χ2n) is 5.27. The van der Waals surface area contributed by atoms with Crippen molar-refractivity contribution in [2.24, 2.45) is 0 Å². The third-order valence-electron chi connectivity index (χ3n) is 3.56. The third kappa shape index (κ3) is 3.43. The van der Waals surface area contributed by atoms with Gasteiger partial charge in [-0.25, -0.2) is 0 Å². The molecule has 2 rings (SSSR count). The van der Waals surface area contributed by atoms with Crippen LogP contribution < -0.4 is 9.64 Å². The summed E-state index contributed by atoms with van der Waals surface area (Å²) in [5, 5.41) is 0. The molecule has 21 heavy (non-hydrogen) atoms. The van der Waals surface area contributed by atoms with Crippen molar-refractivity contribution < 1.29 is 9.53 Å². The zero-order valence-electron chi connectivity index (χ0n) is 13.0. The van der Waals surface area contributed by atoms with Gasteiger partial charge in [-0.05, 0) is 43.2 Å². The highest BCUT2D eigenvalue weighted by Gasteiger charge is 2.15. The van der Waals surface area contributed by atoms with E-state index < -0.39 is 0 Å². The number of likely N-dealkylation sites (N-methyl/N-ethyl adjacent to an activating group) is 1. The maximum Gasteiger partial charge on any atom is 0.185 e. The summed E-state index contributed by atoms with van der Waals surface area (Å²) in [6.45, 7) is 4.35. The molecule has 110 valence electrons. The number of ketones is 1. The van der Waals surface area contributed by atoms with Crippen LogP contribution in [0.5, 0.6) is 5.75 Å². The highest BCUT2D eigenvalue weighted by atomic mass is 16.5.